The number of carbonyl (C=O) groups excluding carboxylic acids is 1. The van der Waals surface area contributed by atoms with Gasteiger partial charge in [0.05, 0.1) is 23.6 Å². The second-order valence-electron chi connectivity index (χ2n) is 6.46. The first-order valence-corrected chi connectivity index (χ1v) is 8.60. The zero-order chi connectivity index (χ0) is 17.2. The van der Waals surface area contributed by atoms with Crippen molar-refractivity contribution in [2.24, 2.45) is 0 Å². The van der Waals surface area contributed by atoms with Crippen molar-refractivity contribution in [3.05, 3.63) is 60.4 Å². The first kappa shape index (κ1) is 15.6. The molecule has 1 fully saturated rings. The second kappa shape index (κ2) is 6.55. The summed E-state index contributed by atoms with van der Waals surface area (Å²) in [6.45, 7) is 3.83. The Balaban J connectivity index is 1.41. The van der Waals surface area contributed by atoms with Crippen LogP contribution in [-0.4, -0.2) is 39.4 Å². The summed E-state index contributed by atoms with van der Waals surface area (Å²) in [7, 11) is 0. The molecule has 0 spiro atoms. The molecule has 1 aliphatic rings. The van der Waals surface area contributed by atoms with E-state index in [0.717, 1.165) is 37.1 Å². The van der Waals surface area contributed by atoms with E-state index in [4.69, 9.17) is 0 Å². The van der Waals surface area contributed by atoms with Gasteiger partial charge in [-0.15, -0.1) is 0 Å². The highest BCUT2D eigenvalue weighted by Gasteiger charge is 2.22. The maximum Gasteiger partial charge on any atom is 0.253 e. The number of piperidine rings is 1. The number of aromatic nitrogens is 3. The molecule has 0 bridgehead atoms. The fourth-order valence-electron chi connectivity index (χ4n) is 3.47. The molecule has 3 aromatic rings. The summed E-state index contributed by atoms with van der Waals surface area (Å²) in [5.41, 5.74) is 3.82. The van der Waals surface area contributed by atoms with E-state index >= 15 is 0 Å². The number of carbonyl (C=O) groups is 1. The van der Waals surface area contributed by atoms with Gasteiger partial charge < -0.3 is 14.6 Å². The van der Waals surface area contributed by atoms with E-state index in [0.29, 0.717) is 5.56 Å². The van der Waals surface area contributed by atoms with Gasteiger partial charge in [-0.25, -0.2) is 4.98 Å². The third kappa shape index (κ3) is 3.07. The molecular weight excluding hydrogens is 314 g/mol. The second-order valence-corrected chi connectivity index (χ2v) is 6.46. The Bertz CT molecular complexity index is 881. The van der Waals surface area contributed by atoms with Gasteiger partial charge in [-0.05, 0) is 44.0 Å². The molecular formula is C19H21N5O. The minimum absolute atomic E-state index is 0.00420. The van der Waals surface area contributed by atoms with Crippen LogP contribution in [0.3, 0.4) is 0 Å². The zero-order valence-electron chi connectivity index (χ0n) is 14.2. The summed E-state index contributed by atoms with van der Waals surface area (Å²) < 4.78 is 1.95. The Morgan fingerprint density at radius 3 is 2.64 bits per heavy atom. The number of imidazole rings is 1. The molecule has 1 amide bonds. The highest BCUT2D eigenvalue weighted by Crippen LogP contribution is 2.19. The van der Waals surface area contributed by atoms with E-state index < -0.39 is 0 Å². The molecule has 0 aromatic carbocycles. The van der Waals surface area contributed by atoms with Crippen molar-refractivity contribution in [3.63, 3.8) is 0 Å². The van der Waals surface area contributed by atoms with Crippen LogP contribution in [-0.2, 0) is 0 Å². The Hall–Kier alpha value is -2.89. The summed E-state index contributed by atoms with van der Waals surface area (Å²) in [6.07, 6.45) is 9.06. The first-order valence-electron chi connectivity index (χ1n) is 8.60. The number of nitrogens with one attached hydrogen (secondary N) is 1. The Kier molecular flexibility index (Phi) is 4.09. The number of amides is 1. The molecule has 0 aliphatic carbocycles. The van der Waals surface area contributed by atoms with E-state index in [-0.39, 0.29) is 11.9 Å². The predicted octanol–water partition coefficient (Wildman–Crippen LogP) is 2.44. The molecule has 0 saturated carbocycles. The zero-order valence-corrected chi connectivity index (χ0v) is 14.2. The quantitative estimate of drug-likeness (QED) is 0.798. The monoisotopic (exact) mass is 335 g/mol. The lowest BCUT2D eigenvalue weighted by Crippen LogP contribution is -2.44. The number of fused-ring (bicyclic) bond motifs is 1. The van der Waals surface area contributed by atoms with Crippen molar-refractivity contribution in [3.8, 4) is 0 Å². The van der Waals surface area contributed by atoms with Crippen molar-refractivity contribution >= 4 is 17.1 Å². The molecule has 4 rings (SSSR count). The third-order valence-electron chi connectivity index (χ3n) is 4.94. The molecule has 128 valence electrons. The average Bonchev–Trinajstić information content (AvgIpc) is 3.13. The van der Waals surface area contributed by atoms with Crippen LogP contribution in [0.5, 0.6) is 0 Å². The molecule has 1 aliphatic heterocycles. The molecule has 0 radical (unpaired) electrons. The maximum atomic E-state index is 12.7. The van der Waals surface area contributed by atoms with Crippen LogP contribution in [0.4, 0.5) is 5.69 Å². The Labute approximate surface area is 146 Å². The van der Waals surface area contributed by atoms with Crippen molar-refractivity contribution < 1.29 is 4.79 Å². The molecule has 1 saturated heterocycles. The number of hydrogen-bond acceptors (Lipinski definition) is 4. The van der Waals surface area contributed by atoms with Crippen LogP contribution in [0.2, 0.25) is 0 Å². The fraction of sp³-hybridized carbons (Fsp3) is 0.316. The molecule has 0 unspecified atom stereocenters. The standard InChI is InChI=1S/C19H21N5O/c1-14-18(3-2-17-12-21-13-24(14)17)19(25)22-15-6-10-23(11-7-15)16-4-8-20-9-5-16/h2-5,8-9,12-13,15H,6-7,10-11H2,1H3,(H,22,25). The van der Waals surface area contributed by atoms with Crippen LogP contribution in [0.1, 0.15) is 28.9 Å². The van der Waals surface area contributed by atoms with E-state index in [1.54, 1.807) is 12.5 Å². The van der Waals surface area contributed by atoms with Crippen molar-refractivity contribution in [1.29, 1.82) is 0 Å². The van der Waals surface area contributed by atoms with Gasteiger partial charge >= 0.3 is 0 Å². The summed E-state index contributed by atoms with van der Waals surface area (Å²) in [6, 6.07) is 8.09. The predicted molar refractivity (Wildman–Crippen MR) is 96.9 cm³/mol. The molecule has 6 nitrogen and oxygen atoms in total. The summed E-state index contributed by atoms with van der Waals surface area (Å²) >= 11 is 0. The number of hydrogen-bond donors (Lipinski definition) is 1. The van der Waals surface area contributed by atoms with E-state index in [1.165, 1.54) is 5.69 Å². The molecule has 4 heterocycles. The van der Waals surface area contributed by atoms with Crippen LogP contribution in [0.15, 0.2) is 49.2 Å². The lowest BCUT2D eigenvalue weighted by molar-refractivity contribution is 0.0930. The van der Waals surface area contributed by atoms with E-state index in [9.17, 15) is 4.79 Å². The van der Waals surface area contributed by atoms with Crippen molar-refractivity contribution in [1.82, 2.24) is 19.7 Å². The molecule has 6 heteroatoms. The van der Waals surface area contributed by atoms with Gasteiger partial charge in [0.2, 0.25) is 0 Å². The average molecular weight is 335 g/mol. The molecule has 3 aromatic heterocycles. The summed E-state index contributed by atoms with van der Waals surface area (Å²) in [4.78, 5) is 23.2. The highest BCUT2D eigenvalue weighted by molar-refractivity contribution is 5.95. The van der Waals surface area contributed by atoms with Crippen LogP contribution < -0.4 is 10.2 Å². The van der Waals surface area contributed by atoms with Crippen molar-refractivity contribution in [2.75, 3.05) is 18.0 Å². The van der Waals surface area contributed by atoms with E-state index in [2.05, 4.69) is 20.2 Å². The Morgan fingerprint density at radius 2 is 1.88 bits per heavy atom. The normalized spacial score (nSPS) is 15.5. The topological polar surface area (TPSA) is 62.5 Å². The third-order valence-corrected chi connectivity index (χ3v) is 4.94. The number of rotatable bonds is 3. The fourth-order valence-corrected chi connectivity index (χ4v) is 3.47. The number of nitrogens with zero attached hydrogens (tertiary/aromatic N) is 4. The van der Waals surface area contributed by atoms with Gasteiger partial charge in [0.25, 0.3) is 5.91 Å². The molecule has 0 atom stereocenters. The van der Waals surface area contributed by atoms with Gasteiger partial charge in [0.15, 0.2) is 0 Å². The number of anilines is 1. The van der Waals surface area contributed by atoms with Crippen LogP contribution in [0.25, 0.3) is 5.52 Å². The van der Waals surface area contributed by atoms with Gasteiger partial charge in [-0.2, -0.15) is 0 Å². The lowest BCUT2D eigenvalue weighted by atomic mass is 10.0. The highest BCUT2D eigenvalue weighted by atomic mass is 16.1. The summed E-state index contributed by atoms with van der Waals surface area (Å²) in [5.74, 6) is -0.00420. The van der Waals surface area contributed by atoms with E-state index in [1.807, 2.05) is 48.0 Å². The van der Waals surface area contributed by atoms with Crippen LogP contribution >= 0.6 is 0 Å². The smallest absolute Gasteiger partial charge is 0.253 e. The van der Waals surface area contributed by atoms with Gasteiger partial charge in [-0.3, -0.25) is 9.78 Å². The number of pyridine rings is 2. The van der Waals surface area contributed by atoms with Crippen LogP contribution in [0, 0.1) is 6.92 Å². The molecule has 1 N–H and O–H groups in total. The first-order chi connectivity index (χ1) is 12.2. The lowest BCUT2D eigenvalue weighted by Gasteiger charge is -2.34. The SMILES string of the molecule is Cc1c(C(=O)NC2CCN(c3ccncc3)CC2)ccc2cncn12. The largest absolute Gasteiger partial charge is 0.371 e. The molecule has 25 heavy (non-hydrogen) atoms. The maximum absolute atomic E-state index is 12.7. The minimum Gasteiger partial charge on any atom is -0.371 e. The van der Waals surface area contributed by atoms with Crippen molar-refractivity contribution in [2.45, 2.75) is 25.8 Å². The minimum atomic E-state index is -0.00420. The summed E-state index contributed by atoms with van der Waals surface area (Å²) in [5, 5.41) is 3.19. The number of aryl methyl sites for hydroxylation is 1. The van der Waals surface area contributed by atoms with Gasteiger partial charge in [0, 0.05) is 42.9 Å². The Morgan fingerprint density at radius 1 is 1.12 bits per heavy atom. The van der Waals surface area contributed by atoms with Gasteiger partial charge in [-0.1, -0.05) is 0 Å². The van der Waals surface area contributed by atoms with Gasteiger partial charge in [0.1, 0.15) is 0 Å².